The molecule has 0 radical (unpaired) electrons. The third kappa shape index (κ3) is 2.36. The van der Waals surface area contributed by atoms with Gasteiger partial charge < -0.3 is 10.2 Å². The molecule has 24 heavy (non-hydrogen) atoms. The van der Waals surface area contributed by atoms with Crippen LogP contribution < -0.4 is 0 Å². The molecular weight excluding hydrogens is 298 g/mol. The fourth-order valence-electron chi connectivity index (χ4n) is 2.99. The molecule has 0 aliphatic heterocycles. The molecule has 0 fully saturated rings. The smallest absolute Gasteiger partial charge is 0.166 e. The van der Waals surface area contributed by atoms with Gasteiger partial charge in [-0.3, -0.25) is 4.98 Å². The predicted octanol–water partition coefficient (Wildman–Crippen LogP) is 4.98. The molecule has 3 aromatic carbocycles. The van der Waals surface area contributed by atoms with Crippen molar-refractivity contribution >= 4 is 10.8 Å². The van der Waals surface area contributed by atoms with Crippen LogP contribution in [0.1, 0.15) is 0 Å². The van der Waals surface area contributed by atoms with Crippen LogP contribution in [-0.2, 0) is 0 Å². The number of rotatable bonds is 2. The molecule has 0 aliphatic rings. The Kier molecular flexibility index (Phi) is 3.39. The van der Waals surface area contributed by atoms with Gasteiger partial charge in [0.2, 0.25) is 0 Å². The van der Waals surface area contributed by atoms with E-state index >= 15 is 0 Å². The quantitative estimate of drug-likeness (QED) is 0.513. The summed E-state index contributed by atoms with van der Waals surface area (Å²) in [5.41, 5.74) is 3.66. The van der Waals surface area contributed by atoms with Crippen LogP contribution in [0.15, 0.2) is 79.1 Å². The van der Waals surface area contributed by atoms with Gasteiger partial charge in [0.15, 0.2) is 11.5 Å². The lowest BCUT2D eigenvalue weighted by Crippen LogP contribution is -1.85. The van der Waals surface area contributed by atoms with Crippen LogP contribution in [0.4, 0.5) is 0 Å². The number of benzene rings is 3. The first kappa shape index (κ1) is 14.3. The van der Waals surface area contributed by atoms with Crippen LogP contribution in [0.5, 0.6) is 11.5 Å². The second-order valence-corrected chi connectivity index (χ2v) is 5.65. The molecular formula is C21H15NO2. The third-order valence-electron chi connectivity index (χ3n) is 4.19. The molecule has 116 valence electrons. The second-order valence-electron chi connectivity index (χ2n) is 5.65. The first-order valence-electron chi connectivity index (χ1n) is 7.68. The van der Waals surface area contributed by atoms with Crippen LogP contribution in [-0.4, -0.2) is 15.2 Å². The van der Waals surface area contributed by atoms with Crippen molar-refractivity contribution in [1.29, 1.82) is 0 Å². The summed E-state index contributed by atoms with van der Waals surface area (Å²) in [6.07, 6.45) is 3.52. The molecule has 2 N–H and O–H groups in total. The summed E-state index contributed by atoms with van der Waals surface area (Å²) < 4.78 is 0. The Bertz CT molecular complexity index is 1010. The summed E-state index contributed by atoms with van der Waals surface area (Å²) in [7, 11) is 0. The number of aromatic hydroxyl groups is 2. The van der Waals surface area contributed by atoms with Gasteiger partial charge in [0.25, 0.3) is 0 Å². The van der Waals surface area contributed by atoms with Crippen LogP contribution in [0, 0.1) is 0 Å². The Morgan fingerprint density at radius 3 is 2.04 bits per heavy atom. The zero-order valence-electron chi connectivity index (χ0n) is 12.8. The van der Waals surface area contributed by atoms with Gasteiger partial charge in [0.05, 0.1) is 0 Å². The van der Waals surface area contributed by atoms with E-state index < -0.39 is 0 Å². The molecule has 0 saturated heterocycles. The van der Waals surface area contributed by atoms with Crippen LogP contribution >= 0.6 is 0 Å². The Morgan fingerprint density at radius 2 is 1.29 bits per heavy atom. The topological polar surface area (TPSA) is 53.4 Å². The number of pyridine rings is 1. The maximum Gasteiger partial charge on any atom is 0.166 e. The van der Waals surface area contributed by atoms with Gasteiger partial charge in [-0.25, -0.2) is 0 Å². The van der Waals surface area contributed by atoms with Crippen molar-refractivity contribution in [1.82, 2.24) is 4.98 Å². The molecule has 0 bridgehead atoms. The summed E-state index contributed by atoms with van der Waals surface area (Å²) in [5, 5.41) is 22.2. The highest BCUT2D eigenvalue weighted by atomic mass is 16.3. The number of nitrogens with zero attached hydrogens (tertiary/aromatic N) is 1. The number of phenolic OH excluding ortho intramolecular Hbond substituents is 2. The summed E-state index contributed by atoms with van der Waals surface area (Å²) in [5.74, 6) is -0.202. The van der Waals surface area contributed by atoms with E-state index in [1.165, 1.54) is 0 Å². The van der Waals surface area contributed by atoms with Gasteiger partial charge >= 0.3 is 0 Å². The molecule has 0 aliphatic carbocycles. The van der Waals surface area contributed by atoms with Gasteiger partial charge in [-0.15, -0.1) is 0 Å². The minimum Gasteiger partial charge on any atom is -0.504 e. The van der Waals surface area contributed by atoms with Crippen molar-refractivity contribution < 1.29 is 10.2 Å². The second kappa shape index (κ2) is 5.70. The van der Waals surface area contributed by atoms with E-state index in [-0.39, 0.29) is 11.5 Å². The number of aromatic nitrogens is 1. The molecule has 0 spiro atoms. The van der Waals surface area contributed by atoms with E-state index in [0.29, 0.717) is 5.56 Å². The molecule has 0 amide bonds. The molecule has 3 heteroatoms. The largest absolute Gasteiger partial charge is 0.504 e. The Hall–Kier alpha value is -3.33. The van der Waals surface area contributed by atoms with Crippen molar-refractivity contribution in [2.45, 2.75) is 0 Å². The molecule has 4 rings (SSSR count). The lowest BCUT2D eigenvalue weighted by molar-refractivity contribution is 0.406. The monoisotopic (exact) mass is 313 g/mol. The van der Waals surface area contributed by atoms with Gasteiger partial charge in [0.1, 0.15) is 0 Å². The van der Waals surface area contributed by atoms with Gasteiger partial charge in [-0.2, -0.15) is 0 Å². The van der Waals surface area contributed by atoms with Gasteiger partial charge in [-0.05, 0) is 45.7 Å². The van der Waals surface area contributed by atoms with Crippen LogP contribution in [0.2, 0.25) is 0 Å². The molecule has 1 heterocycles. The maximum atomic E-state index is 10.4. The molecule has 0 atom stereocenters. The van der Waals surface area contributed by atoms with Crippen molar-refractivity contribution in [3.05, 3.63) is 79.1 Å². The number of hydrogen-bond acceptors (Lipinski definition) is 3. The number of phenols is 2. The van der Waals surface area contributed by atoms with Crippen molar-refractivity contribution in [3.8, 4) is 33.8 Å². The minimum atomic E-state index is -0.109. The third-order valence-corrected chi connectivity index (χ3v) is 4.19. The van der Waals surface area contributed by atoms with Gasteiger partial charge in [0, 0.05) is 18.0 Å². The molecule has 3 nitrogen and oxygen atoms in total. The van der Waals surface area contributed by atoms with Crippen molar-refractivity contribution in [2.75, 3.05) is 0 Å². The Balaban J connectivity index is 1.88. The van der Waals surface area contributed by atoms with E-state index in [1.54, 1.807) is 18.5 Å². The average molecular weight is 313 g/mol. The highest BCUT2D eigenvalue weighted by Gasteiger charge is 2.14. The molecule has 4 aromatic rings. The average Bonchev–Trinajstić information content (AvgIpc) is 2.64. The SMILES string of the molecule is Oc1cc2ccccc2c(-c2ccc(-c3ccncc3)cc2)c1O. The predicted molar refractivity (Wildman–Crippen MR) is 95.9 cm³/mol. The van der Waals surface area contributed by atoms with Crippen LogP contribution in [0.3, 0.4) is 0 Å². The maximum absolute atomic E-state index is 10.4. The molecule has 0 saturated carbocycles. The fourth-order valence-corrected chi connectivity index (χ4v) is 2.99. The number of hydrogen-bond donors (Lipinski definition) is 2. The molecule has 1 aromatic heterocycles. The van der Waals surface area contributed by atoms with Crippen molar-refractivity contribution in [2.24, 2.45) is 0 Å². The standard InChI is InChI=1S/C21H15NO2/c23-19-13-17-3-1-2-4-18(17)20(21(19)24)16-7-5-14(6-8-16)15-9-11-22-12-10-15/h1-13,23-24H. The first-order valence-corrected chi connectivity index (χ1v) is 7.68. The van der Waals surface area contributed by atoms with E-state index in [1.807, 2.05) is 60.7 Å². The highest BCUT2D eigenvalue weighted by Crippen LogP contribution is 2.42. The minimum absolute atomic E-state index is 0.0923. The highest BCUT2D eigenvalue weighted by molar-refractivity contribution is 6.01. The fraction of sp³-hybridized carbons (Fsp3) is 0. The first-order chi connectivity index (χ1) is 11.7. The molecule has 0 unspecified atom stereocenters. The van der Waals surface area contributed by atoms with E-state index in [4.69, 9.17) is 0 Å². The number of fused-ring (bicyclic) bond motifs is 1. The van der Waals surface area contributed by atoms with Crippen molar-refractivity contribution in [3.63, 3.8) is 0 Å². The zero-order chi connectivity index (χ0) is 16.5. The van der Waals surface area contributed by atoms with Gasteiger partial charge in [-0.1, -0.05) is 48.5 Å². The van der Waals surface area contributed by atoms with Crippen LogP contribution in [0.25, 0.3) is 33.0 Å². The lowest BCUT2D eigenvalue weighted by atomic mass is 9.95. The van der Waals surface area contributed by atoms with E-state index in [9.17, 15) is 10.2 Å². The summed E-state index contributed by atoms with van der Waals surface area (Å²) >= 11 is 0. The van der Waals surface area contributed by atoms with E-state index in [0.717, 1.165) is 27.5 Å². The zero-order valence-corrected chi connectivity index (χ0v) is 12.8. The Morgan fingerprint density at radius 1 is 0.667 bits per heavy atom. The normalized spacial score (nSPS) is 10.8. The summed E-state index contributed by atoms with van der Waals surface area (Å²) in [6.45, 7) is 0. The lowest BCUT2D eigenvalue weighted by Gasteiger charge is -2.12. The Labute approximate surface area is 139 Å². The summed E-state index contributed by atoms with van der Waals surface area (Å²) in [6, 6.07) is 21.1. The van der Waals surface area contributed by atoms with E-state index in [2.05, 4.69) is 4.98 Å². The summed E-state index contributed by atoms with van der Waals surface area (Å²) in [4.78, 5) is 4.03.